The highest BCUT2D eigenvalue weighted by molar-refractivity contribution is 7.13. The highest BCUT2D eigenvalue weighted by Crippen LogP contribution is 2.23. The Morgan fingerprint density at radius 1 is 1.04 bits per heavy atom. The van der Waals surface area contributed by atoms with Gasteiger partial charge in [-0.25, -0.2) is 9.78 Å². The fraction of sp³-hybridized carbons (Fsp3) is 0.150. The van der Waals surface area contributed by atoms with Crippen LogP contribution < -0.4 is 15.4 Å². The summed E-state index contributed by atoms with van der Waals surface area (Å²) in [4.78, 5) is 27.6. The molecule has 0 atom stereocenters. The molecule has 0 aliphatic heterocycles. The number of aromatic nitrogens is 1. The number of ether oxygens (including phenoxy) is 2. The molecular weight excluding hydrogens is 378 g/mol. The van der Waals surface area contributed by atoms with Crippen molar-refractivity contribution in [3.05, 3.63) is 65.2 Å². The van der Waals surface area contributed by atoms with Gasteiger partial charge in [0.05, 0.1) is 18.4 Å². The lowest BCUT2D eigenvalue weighted by Crippen LogP contribution is -2.08. The molecule has 0 saturated carbocycles. The molecule has 0 bridgehead atoms. The van der Waals surface area contributed by atoms with Gasteiger partial charge in [0.2, 0.25) is 5.91 Å². The largest absolute Gasteiger partial charge is 0.497 e. The van der Waals surface area contributed by atoms with E-state index < -0.39 is 5.97 Å². The lowest BCUT2D eigenvalue weighted by atomic mass is 10.2. The predicted octanol–water partition coefficient (Wildman–Crippen LogP) is 4.21. The van der Waals surface area contributed by atoms with Gasteiger partial charge in [0, 0.05) is 23.7 Å². The summed E-state index contributed by atoms with van der Waals surface area (Å²) in [5.41, 5.74) is 2.57. The molecule has 1 amide bonds. The number of hydrogen-bond acceptors (Lipinski definition) is 7. The van der Waals surface area contributed by atoms with Crippen LogP contribution in [0.2, 0.25) is 0 Å². The molecule has 1 aromatic heterocycles. The number of anilines is 3. The van der Waals surface area contributed by atoms with E-state index in [9.17, 15) is 9.59 Å². The first-order chi connectivity index (χ1) is 13.5. The van der Waals surface area contributed by atoms with Gasteiger partial charge in [-0.05, 0) is 48.5 Å². The average molecular weight is 397 g/mol. The zero-order valence-electron chi connectivity index (χ0n) is 15.4. The smallest absolute Gasteiger partial charge is 0.338 e. The van der Waals surface area contributed by atoms with E-state index in [0.717, 1.165) is 11.4 Å². The quantitative estimate of drug-likeness (QED) is 0.581. The van der Waals surface area contributed by atoms with Gasteiger partial charge < -0.3 is 20.1 Å². The normalized spacial score (nSPS) is 10.2. The maximum atomic E-state index is 12.1. The SMILES string of the molecule is COc1ccc(Nc2nc(COC(=O)c3ccc(NC(C)=O)cc3)cs2)cc1. The highest BCUT2D eigenvalue weighted by Gasteiger charge is 2.10. The molecular formula is C20H19N3O4S. The molecule has 0 fully saturated rings. The molecule has 3 aromatic rings. The number of thiazole rings is 1. The van der Waals surface area contributed by atoms with E-state index >= 15 is 0 Å². The zero-order chi connectivity index (χ0) is 19.9. The molecule has 0 aliphatic carbocycles. The van der Waals surface area contributed by atoms with Crippen LogP contribution in [0.3, 0.4) is 0 Å². The molecule has 28 heavy (non-hydrogen) atoms. The van der Waals surface area contributed by atoms with Crippen LogP contribution in [0.4, 0.5) is 16.5 Å². The van der Waals surface area contributed by atoms with E-state index in [1.165, 1.54) is 18.3 Å². The maximum absolute atomic E-state index is 12.1. The molecule has 8 heteroatoms. The van der Waals surface area contributed by atoms with Crippen molar-refractivity contribution in [1.29, 1.82) is 0 Å². The van der Waals surface area contributed by atoms with E-state index in [1.54, 1.807) is 31.4 Å². The molecule has 0 aliphatic rings. The van der Waals surface area contributed by atoms with E-state index in [2.05, 4.69) is 15.6 Å². The minimum atomic E-state index is -0.452. The number of nitrogens with zero attached hydrogens (tertiary/aromatic N) is 1. The van der Waals surface area contributed by atoms with Gasteiger partial charge in [0.1, 0.15) is 12.4 Å². The van der Waals surface area contributed by atoms with Crippen molar-refractivity contribution in [3.8, 4) is 5.75 Å². The van der Waals surface area contributed by atoms with Crippen molar-refractivity contribution in [3.63, 3.8) is 0 Å². The summed E-state index contributed by atoms with van der Waals surface area (Å²) in [5, 5.41) is 8.37. The third-order valence-electron chi connectivity index (χ3n) is 3.69. The summed E-state index contributed by atoms with van der Waals surface area (Å²) in [6, 6.07) is 14.0. The summed E-state index contributed by atoms with van der Waals surface area (Å²) in [7, 11) is 1.62. The highest BCUT2D eigenvalue weighted by atomic mass is 32.1. The third-order valence-corrected chi connectivity index (χ3v) is 4.49. The summed E-state index contributed by atoms with van der Waals surface area (Å²) in [6.45, 7) is 1.50. The van der Waals surface area contributed by atoms with Crippen molar-refractivity contribution in [2.24, 2.45) is 0 Å². The summed E-state index contributed by atoms with van der Waals surface area (Å²) in [5.74, 6) is 0.160. The number of esters is 1. The van der Waals surface area contributed by atoms with Gasteiger partial charge in [-0.3, -0.25) is 4.79 Å². The number of hydrogen-bond donors (Lipinski definition) is 2. The van der Waals surface area contributed by atoms with E-state index in [-0.39, 0.29) is 12.5 Å². The van der Waals surface area contributed by atoms with Crippen molar-refractivity contribution in [2.75, 3.05) is 17.7 Å². The number of carbonyl (C=O) groups is 2. The second kappa shape index (κ2) is 9.01. The van der Waals surface area contributed by atoms with Crippen LogP contribution in [-0.2, 0) is 16.1 Å². The van der Waals surface area contributed by atoms with Crippen LogP contribution in [0.25, 0.3) is 0 Å². The minimum Gasteiger partial charge on any atom is -0.497 e. The molecule has 2 aromatic carbocycles. The number of benzene rings is 2. The van der Waals surface area contributed by atoms with Crippen LogP contribution in [-0.4, -0.2) is 24.0 Å². The van der Waals surface area contributed by atoms with Gasteiger partial charge in [0.25, 0.3) is 0 Å². The Balaban J connectivity index is 1.53. The van der Waals surface area contributed by atoms with Crippen LogP contribution in [0.1, 0.15) is 23.0 Å². The lowest BCUT2D eigenvalue weighted by molar-refractivity contribution is -0.114. The van der Waals surface area contributed by atoms with E-state index in [4.69, 9.17) is 9.47 Å². The summed E-state index contributed by atoms with van der Waals surface area (Å²) >= 11 is 1.42. The minimum absolute atomic E-state index is 0.0765. The standard InChI is InChI=1S/C20H19N3O4S/c1-13(24)21-15-5-3-14(4-6-15)19(25)27-11-17-12-28-20(23-17)22-16-7-9-18(26-2)10-8-16/h3-10,12H,11H2,1-2H3,(H,21,24)(H,22,23). The molecule has 0 unspecified atom stereocenters. The van der Waals surface area contributed by atoms with Crippen LogP contribution in [0.5, 0.6) is 5.75 Å². The number of rotatable bonds is 7. The first-order valence-electron chi connectivity index (χ1n) is 8.44. The van der Waals surface area contributed by atoms with Crippen LogP contribution in [0, 0.1) is 0 Å². The molecule has 7 nitrogen and oxygen atoms in total. The number of amides is 1. The number of carbonyl (C=O) groups excluding carboxylic acids is 2. The number of methoxy groups -OCH3 is 1. The first-order valence-corrected chi connectivity index (χ1v) is 9.32. The Morgan fingerprint density at radius 2 is 1.71 bits per heavy atom. The fourth-order valence-corrected chi connectivity index (χ4v) is 3.06. The Morgan fingerprint density at radius 3 is 2.36 bits per heavy atom. The van der Waals surface area contributed by atoms with Gasteiger partial charge in [-0.2, -0.15) is 0 Å². The van der Waals surface area contributed by atoms with Crippen LogP contribution >= 0.6 is 11.3 Å². The van der Waals surface area contributed by atoms with Gasteiger partial charge in [-0.1, -0.05) is 0 Å². The summed E-state index contributed by atoms with van der Waals surface area (Å²) in [6.07, 6.45) is 0. The topological polar surface area (TPSA) is 89.5 Å². The van der Waals surface area contributed by atoms with Gasteiger partial charge >= 0.3 is 5.97 Å². The third kappa shape index (κ3) is 5.31. The molecule has 1 heterocycles. The Labute approximate surface area is 166 Å². The number of nitrogens with one attached hydrogen (secondary N) is 2. The molecule has 0 spiro atoms. The second-order valence-corrected chi connectivity index (χ2v) is 6.69. The van der Waals surface area contributed by atoms with Crippen molar-refractivity contribution in [2.45, 2.75) is 13.5 Å². The van der Waals surface area contributed by atoms with Crippen molar-refractivity contribution >= 4 is 39.7 Å². The zero-order valence-corrected chi connectivity index (χ0v) is 16.2. The van der Waals surface area contributed by atoms with Crippen molar-refractivity contribution < 1.29 is 19.1 Å². The van der Waals surface area contributed by atoms with Gasteiger partial charge in [-0.15, -0.1) is 11.3 Å². The van der Waals surface area contributed by atoms with Gasteiger partial charge in [0.15, 0.2) is 5.13 Å². The monoisotopic (exact) mass is 397 g/mol. The maximum Gasteiger partial charge on any atom is 0.338 e. The van der Waals surface area contributed by atoms with Crippen molar-refractivity contribution in [1.82, 2.24) is 4.98 Å². The molecule has 2 N–H and O–H groups in total. The van der Waals surface area contributed by atoms with E-state index in [0.29, 0.717) is 22.1 Å². The van der Waals surface area contributed by atoms with Crippen LogP contribution in [0.15, 0.2) is 53.9 Å². The van der Waals surface area contributed by atoms with E-state index in [1.807, 2.05) is 29.6 Å². The average Bonchev–Trinajstić information content (AvgIpc) is 3.14. The molecule has 144 valence electrons. The molecule has 3 rings (SSSR count). The second-order valence-electron chi connectivity index (χ2n) is 5.83. The molecule has 0 radical (unpaired) electrons. The fourth-order valence-electron chi connectivity index (χ4n) is 2.34. The first kappa shape index (κ1) is 19.4. The Hall–Kier alpha value is -3.39. The predicted molar refractivity (Wildman–Crippen MR) is 108 cm³/mol. The molecule has 0 saturated heterocycles. The Bertz CT molecular complexity index is 952. The lowest BCUT2D eigenvalue weighted by Gasteiger charge is -2.05. The summed E-state index contributed by atoms with van der Waals surface area (Å²) < 4.78 is 10.4. The Kier molecular flexibility index (Phi) is 6.23.